The van der Waals surface area contributed by atoms with Gasteiger partial charge in [0.05, 0.1) is 7.11 Å². The minimum Gasteiger partial charge on any atom is -0.467 e. The molecule has 5 atom stereocenters. The second-order valence-electron chi connectivity index (χ2n) is 3.86. The fraction of sp³-hybridized carbons (Fsp3) is 0.778. The number of ether oxygens (including phenoxy) is 3. The number of hydrogen-bond donors (Lipinski definition) is 4. The summed E-state index contributed by atoms with van der Waals surface area (Å²) in [6.07, 6.45) is -8.59. The molecule has 0 aromatic heterocycles. The van der Waals surface area contributed by atoms with Crippen LogP contribution >= 0.6 is 34.8 Å². The molecular formula is C9H12Cl3NO7. The van der Waals surface area contributed by atoms with Crippen LogP contribution in [0.25, 0.3) is 0 Å². The average molecular weight is 353 g/mol. The molecule has 0 bridgehead atoms. The maximum Gasteiger partial charge on any atom is 0.337 e. The van der Waals surface area contributed by atoms with Gasteiger partial charge in [-0.05, 0) is 0 Å². The van der Waals surface area contributed by atoms with Gasteiger partial charge in [-0.1, -0.05) is 34.8 Å². The van der Waals surface area contributed by atoms with E-state index in [2.05, 4.69) is 4.74 Å². The first-order valence-corrected chi connectivity index (χ1v) is 6.33. The molecule has 1 fully saturated rings. The van der Waals surface area contributed by atoms with Crippen molar-refractivity contribution in [2.75, 3.05) is 7.11 Å². The van der Waals surface area contributed by atoms with Gasteiger partial charge in [-0.3, -0.25) is 5.41 Å². The van der Waals surface area contributed by atoms with E-state index in [9.17, 15) is 20.1 Å². The third-order valence-electron chi connectivity index (χ3n) is 2.49. The molecule has 0 amide bonds. The van der Waals surface area contributed by atoms with Gasteiger partial charge >= 0.3 is 5.97 Å². The number of hydrogen-bond acceptors (Lipinski definition) is 8. The fourth-order valence-electron chi connectivity index (χ4n) is 1.44. The van der Waals surface area contributed by atoms with E-state index in [0.29, 0.717) is 0 Å². The number of esters is 1. The summed E-state index contributed by atoms with van der Waals surface area (Å²) < 4.78 is 11.8. The maximum atomic E-state index is 11.4. The molecule has 0 spiro atoms. The van der Waals surface area contributed by atoms with Crippen LogP contribution in [0, 0.1) is 5.41 Å². The Labute approximate surface area is 128 Å². The first-order valence-electron chi connectivity index (χ1n) is 5.19. The number of methoxy groups -OCH3 is 1. The smallest absolute Gasteiger partial charge is 0.337 e. The largest absolute Gasteiger partial charge is 0.467 e. The van der Waals surface area contributed by atoms with E-state index in [0.717, 1.165) is 7.11 Å². The first-order chi connectivity index (χ1) is 9.09. The molecule has 1 saturated heterocycles. The Kier molecular flexibility index (Phi) is 5.85. The van der Waals surface area contributed by atoms with E-state index in [4.69, 9.17) is 49.7 Å². The summed E-state index contributed by atoms with van der Waals surface area (Å²) in [5, 5.41) is 36.2. The van der Waals surface area contributed by atoms with Gasteiger partial charge in [-0.2, -0.15) is 0 Å². The van der Waals surface area contributed by atoms with E-state index in [-0.39, 0.29) is 0 Å². The molecule has 1 rings (SSSR count). The highest BCUT2D eigenvalue weighted by Crippen LogP contribution is 2.30. The van der Waals surface area contributed by atoms with Crippen LogP contribution in [0.2, 0.25) is 0 Å². The number of nitrogens with one attached hydrogen (secondary N) is 1. The third kappa shape index (κ3) is 3.85. The van der Waals surface area contributed by atoms with Gasteiger partial charge in [-0.15, -0.1) is 0 Å². The maximum absolute atomic E-state index is 11.4. The number of aliphatic hydroxyl groups is 3. The molecule has 4 unspecified atom stereocenters. The molecule has 1 aliphatic rings. The highest BCUT2D eigenvalue weighted by atomic mass is 35.6. The third-order valence-corrected chi connectivity index (χ3v) is 3.01. The van der Waals surface area contributed by atoms with Gasteiger partial charge in [0.25, 0.3) is 3.79 Å². The van der Waals surface area contributed by atoms with Crippen molar-refractivity contribution in [2.24, 2.45) is 0 Å². The van der Waals surface area contributed by atoms with Crippen molar-refractivity contribution in [3.05, 3.63) is 0 Å². The summed E-state index contributed by atoms with van der Waals surface area (Å²) in [5.74, 6) is -1.89. The summed E-state index contributed by atoms with van der Waals surface area (Å²) >= 11 is 16.1. The summed E-state index contributed by atoms with van der Waals surface area (Å²) in [7, 11) is 1.04. The minimum atomic E-state index is -2.22. The standard InChI is InChI=1S/C9H12Cl3NO7/c1-18-6(17)5-3(15)2(14)4(16)7(19-5)20-8(13)9(10,11)12/h2-5,7,13-16H,1H3/t2?,3?,4?,5-,7?/m0/s1. The van der Waals surface area contributed by atoms with Crippen molar-refractivity contribution in [1.29, 1.82) is 5.41 Å². The van der Waals surface area contributed by atoms with Gasteiger partial charge in [0.2, 0.25) is 12.2 Å². The minimum absolute atomic E-state index is 0.890. The van der Waals surface area contributed by atoms with E-state index < -0.39 is 46.4 Å². The zero-order valence-electron chi connectivity index (χ0n) is 10.00. The van der Waals surface area contributed by atoms with Gasteiger partial charge in [-0.25, -0.2) is 4.79 Å². The molecule has 116 valence electrons. The van der Waals surface area contributed by atoms with Crippen LogP contribution in [0.4, 0.5) is 0 Å². The molecule has 1 heterocycles. The Balaban J connectivity index is 2.86. The Morgan fingerprint density at radius 1 is 1.20 bits per heavy atom. The zero-order valence-corrected chi connectivity index (χ0v) is 12.3. The number of alkyl halides is 3. The predicted molar refractivity (Wildman–Crippen MR) is 67.8 cm³/mol. The molecule has 0 saturated carbocycles. The van der Waals surface area contributed by atoms with Crippen molar-refractivity contribution in [2.45, 2.75) is 34.5 Å². The average Bonchev–Trinajstić information content (AvgIpc) is 2.37. The van der Waals surface area contributed by atoms with E-state index in [1.807, 2.05) is 0 Å². The molecule has 1 aliphatic heterocycles. The van der Waals surface area contributed by atoms with Gasteiger partial charge < -0.3 is 29.5 Å². The summed E-state index contributed by atoms with van der Waals surface area (Å²) in [6.45, 7) is 0. The van der Waals surface area contributed by atoms with Crippen molar-refractivity contribution >= 4 is 46.7 Å². The van der Waals surface area contributed by atoms with Crippen molar-refractivity contribution < 1.29 is 34.3 Å². The van der Waals surface area contributed by atoms with E-state index in [1.165, 1.54) is 0 Å². The number of carbonyl (C=O) groups is 1. The second-order valence-corrected chi connectivity index (χ2v) is 6.15. The Bertz CT molecular complexity index is 388. The molecule has 0 aromatic rings. The van der Waals surface area contributed by atoms with Gasteiger partial charge in [0.1, 0.15) is 18.3 Å². The van der Waals surface area contributed by atoms with Crippen LogP contribution in [0.15, 0.2) is 0 Å². The highest BCUT2D eigenvalue weighted by Gasteiger charge is 2.49. The van der Waals surface area contributed by atoms with Crippen LogP contribution in [-0.4, -0.2) is 68.8 Å². The number of rotatable bonds is 2. The van der Waals surface area contributed by atoms with Crippen LogP contribution < -0.4 is 0 Å². The van der Waals surface area contributed by atoms with Crippen LogP contribution in [0.3, 0.4) is 0 Å². The van der Waals surface area contributed by atoms with Crippen molar-refractivity contribution in [3.8, 4) is 0 Å². The quantitative estimate of drug-likeness (QED) is 0.224. The Hall–Kier alpha value is -0.350. The molecule has 4 N–H and O–H groups in total. The van der Waals surface area contributed by atoms with Crippen LogP contribution in [-0.2, 0) is 19.0 Å². The van der Waals surface area contributed by atoms with E-state index >= 15 is 0 Å². The zero-order chi connectivity index (χ0) is 15.7. The van der Waals surface area contributed by atoms with Crippen molar-refractivity contribution in [3.63, 3.8) is 0 Å². The topological polar surface area (TPSA) is 129 Å². The lowest BCUT2D eigenvalue weighted by molar-refractivity contribution is -0.275. The van der Waals surface area contributed by atoms with Gasteiger partial charge in [0.15, 0.2) is 6.10 Å². The molecular weight excluding hydrogens is 340 g/mol. The molecule has 20 heavy (non-hydrogen) atoms. The van der Waals surface area contributed by atoms with Crippen LogP contribution in [0.1, 0.15) is 0 Å². The second kappa shape index (κ2) is 6.61. The number of carbonyl (C=O) groups excluding carboxylic acids is 1. The predicted octanol–water partition coefficient (Wildman–Crippen LogP) is -0.669. The SMILES string of the molecule is COC(=O)[C@H]1OC(OC(=N)C(Cl)(Cl)Cl)C(O)C(O)C1O. The van der Waals surface area contributed by atoms with Gasteiger partial charge in [0, 0.05) is 0 Å². The Morgan fingerprint density at radius 3 is 2.20 bits per heavy atom. The molecule has 11 heteroatoms. The van der Waals surface area contributed by atoms with Crippen LogP contribution in [0.5, 0.6) is 0 Å². The lowest BCUT2D eigenvalue weighted by atomic mass is 9.99. The molecule has 0 aliphatic carbocycles. The summed E-state index contributed by atoms with van der Waals surface area (Å²) in [4.78, 5) is 11.4. The Morgan fingerprint density at radius 2 is 1.75 bits per heavy atom. The molecule has 0 radical (unpaired) electrons. The lowest BCUT2D eigenvalue weighted by Gasteiger charge is -2.39. The molecule has 8 nitrogen and oxygen atoms in total. The number of aliphatic hydroxyl groups excluding tert-OH is 3. The number of halogens is 3. The summed E-state index contributed by atoms with van der Waals surface area (Å²) in [6, 6.07) is 0. The van der Waals surface area contributed by atoms with Crippen molar-refractivity contribution in [1.82, 2.24) is 0 Å². The molecule has 0 aromatic carbocycles. The lowest BCUT2D eigenvalue weighted by Crippen LogP contribution is -2.61. The van der Waals surface area contributed by atoms with E-state index in [1.54, 1.807) is 0 Å². The normalized spacial score (nSPS) is 34.5. The first kappa shape index (κ1) is 17.7. The fourth-order valence-corrected chi connectivity index (χ4v) is 1.57. The highest BCUT2D eigenvalue weighted by molar-refractivity contribution is 6.76. The summed E-state index contributed by atoms with van der Waals surface area (Å²) in [5.41, 5.74) is 0. The monoisotopic (exact) mass is 351 g/mol.